The van der Waals surface area contributed by atoms with Crippen molar-refractivity contribution in [1.29, 1.82) is 0 Å². The van der Waals surface area contributed by atoms with Crippen LogP contribution in [0.3, 0.4) is 0 Å². The van der Waals surface area contributed by atoms with Crippen molar-refractivity contribution in [1.82, 2.24) is 9.62 Å². The highest BCUT2D eigenvalue weighted by Crippen LogP contribution is 2.22. The van der Waals surface area contributed by atoms with Gasteiger partial charge in [0.1, 0.15) is 0 Å². The van der Waals surface area contributed by atoms with Crippen LogP contribution in [0.5, 0.6) is 0 Å². The lowest BCUT2D eigenvalue weighted by molar-refractivity contribution is 0.349. The van der Waals surface area contributed by atoms with Crippen LogP contribution in [0.4, 0.5) is 0 Å². The molecule has 0 aromatic heterocycles. The molecule has 1 aliphatic heterocycles. The molecule has 0 aliphatic carbocycles. The van der Waals surface area contributed by atoms with Crippen LogP contribution in [0.25, 0.3) is 0 Å². The maximum atomic E-state index is 12.8. The molecule has 0 spiro atoms. The summed E-state index contributed by atoms with van der Waals surface area (Å²) in [7, 11) is -3.39. The number of nitrogens with zero attached hydrogens (tertiary/aromatic N) is 1. The number of sulfonamides is 1. The smallest absolute Gasteiger partial charge is 0.243 e. The summed E-state index contributed by atoms with van der Waals surface area (Å²) in [5.74, 6) is 0.573. The first-order valence-corrected chi connectivity index (χ1v) is 9.20. The van der Waals surface area contributed by atoms with Crippen LogP contribution in [-0.4, -0.2) is 38.4 Å². The fourth-order valence-electron chi connectivity index (χ4n) is 2.91. The van der Waals surface area contributed by atoms with E-state index < -0.39 is 10.0 Å². The molecule has 0 saturated carbocycles. The quantitative estimate of drug-likeness (QED) is 0.877. The van der Waals surface area contributed by atoms with Gasteiger partial charge in [-0.3, -0.25) is 0 Å². The Hall–Kier alpha value is -0.910. The Morgan fingerprint density at radius 1 is 1.29 bits per heavy atom. The van der Waals surface area contributed by atoms with Gasteiger partial charge in [0.15, 0.2) is 0 Å². The normalized spacial score (nSPS) is 19.6. The monoisotopic (exact) mass is 310 g/mol. The van der Waals surface area contributed by atoms with Crippen LogP contribution < -0.4 is 5.32 Å². The van der Waals surface area contributed by atoms with Gasteiger partial charge in [0, 0.05) is 19.1 Å². The zero-order valence-corrected chi connectivity index (χ0v) is 14.0. The predicted octanol–water partition coefficient (Wildman–Crippen LogP) is 2.26. The second-order valence-corrected chi connectivity index (χ2v) is 7.99. The molecule has 1 aromatic carbocycles. The van der Waals surface area contributed by atoms with Crippen LogP contribution in [0.2, 0.25) is 0 Å². The third-order valence-corrected chi connectivity index (χ3v) is 5.97. The minimum atomic E-state index is -3.39. The van der Waals surface area contributed by atoms with Crippen molar-refractivity contribution >= 4 is 10.0 Å². The zero-order chi connectivity index (χ0) is 15.5. The van der Waals surface area contributed by atoms with E-state index in [1.54, 1.807) is 16.4 Å². The van der Waals surface area contributed by atoms with E-state index >= 15 is 0 Å². The maximum Gasteiger partial charge on any atom is 0.243 e. The van der Waals surface area contributed by atoms with Crippen LogP contribution in [-0.2, 0) is 16.4 Å². The summed E-state index contributed by atoms with van der Waals surface area (Å²) >= 11 is 0. The van der Waals surface area contributed by atoms with Crippen molar-refractivity contribution < 1.29 is 8.42 Å². The molecule has 1 atom stereocenters. The zero-order valence-electron chi connectivity index (χ0n) is 13.2. The Morgan fingerprint density at radius 2 is 1.95 bits per heavy atom. The lowest BCUT2D eigenvalue weighted by Gasteiger charge is -2.26. The van der Waals surface area contributed by atoms with E-state index in [-0.39, 0.29) is 6.04 Å². The largest absolute Gasteiger partial charge is 0.315 e. The Labute approximate surface area is 128 Å². The molecule has 0 bridgehead atoms. The van der Waals surface area contributed by atoms with Crippen molar-refractivity contribution in [3.63, 3.8) is 0 Å². The SMILES string of the molecule is CCN(C1CCNC1)S(=O)(=O)c1ccc(CC(C)C)cc1. The number of likely N-dealkylation sites (N-methyl/N-ethyl adjacent to an activating group) is 1. The van der Waals surface area contributed by atoms with Crippen LogP contribution in [0.1, 0.15) is 32.8 Å². The van der Waals surface area contributed by atoms with Crippen molar-refractivity contribution in [2.45, 2.75) is 44.6 Å². The molecular weight excluding hydrogens is 284 g/mol. The van der Waals surface area contributed by atoms with Gasteiger partial charge in [0.05, 0.1) is 4.90 Å². The lowest BCUT2D eigenvalue weighted by Crippen LogP contribution is -2.41. The van der Waals surface area contributed by atoms with Gasteiger partial charge in [-0.2, -0.15) is 4.31 Å². The summed E-state index contributed by atoms with van der Waals surface area (Å²) in [5.41, 5.74) is 1.19. The first kappa shape index (κ1) is 16.5. The van der Waals surface area contributed by atoms with Gasteiger partial charge in [0.25, 0.3) is 0 Å². The molecule has 0 radical (unpaired) electrons. The average Bonchev–Trinajstić information content (AvgIpc) is 2.93. The first-order valence-electron chi connectivity index (χ1n) is 7.76. The van der Waals surface area contributed by atoms with Gasteiger partial charge in [-0.1, -0.05) is 32.9 Å². The van der Waals surface area contributed by atoms with E-state index in [1.165, 1.54) is 5.56 Å². The predicted molar refractivity (Wildman–Crippen MR) is 85.8 cm³/mol. The second kappa shape index (κ2) is 6.90. The molecule has 1 aromatic rings. The second-order valence-electron chi connectivity index (χ2n) is 6.10. The number of hydrogen-bond acceptors (Lipinski definition) is 3. The van der Waals surface area contributed by atoms with Crippen LogP contribution >= 0.6 is 0 Å². The van der Waals surface area contributed by atoms with E-state index in [9.17, 15) is 8.42 Å². The summed E-state index contributed by atoms with van der Waals surface area (Å²) in [6, 6.07) is 7.45. The average molecular weight is 310 g/mol. The molecule has 0 amide bonds. The van der Waals surface area contributed by atoms with Gasteiger partial charge in [-0.25, -0.2) is 8.42 Å². The van der Waals surface area contributed by atoms with Crippen LogP contribution in [0.15, 0.2) is 29.2 Å². The number of benzene rings is 1. The van der Waals surface area contributed by atoms with E-state index in [0.29, 0.717) is 17.4 Å². The summed E-state index contributed by atoms with van der Waals surface area (Å²) in [4.78, 5) is 0.406. The highest BCUT2D eigenvalue weighted by Gasteiger charge is 2.31. The number of nitrogens with one attached hydrogen (secondary N) is 1. The van der Waals surface area contributed by atoms with E-state index in [0.717, 1.165) is 25.9 Å². The van der Waals surface area contributed by atoms with E-state index in [1.807, 2.05) is 19.1 Å². The highest BCUT2D eigenvalue weighted by atomic mass is 32.2. The van der Waals surface area contributed by atoms with Gasteiger partial charge < -0.3 is 5.32 Å². The van der Waals surface area contributed by atoms with Crippen molar-refractivity contribution in [2.75, 3.05) is 19.6 Å². The summed E-state index contributed by atoms with van der Waals surface area (Å²) in [6.45, 7) is 8.39. The van der Waals surface area contributed by atoms with Gasteiger partial charge in [0.2, 0.25) is 10.0 Å². The molecule has 1 N–H and O–H groups in total. The van der Waals surface area contributed by atoms with Crippen LogP contribution in [0, 0.1) is 5.92 Å². The van der Waals surface area contributed by atoms with Crippen molar-refractivity contribution in [3.05, 3.63) is 29.8 Å². The Kier molecular flexibility index (Phi) is 5.41. The molecule has 1 aliphatic rings. The maximum absolute atomic E-state index is 12.8. The third-order valence-electron chi connectivity index (χ3n) is 3.93. The minimum absolute atomic E-state index is 0.0790. The summed E-state index contributed by atoms with van der Waals surface area (Å²) in [6.07, 6.45) is 1.86. The molecule has 1 saturated heterocycles. The first-order chi connectivity index (χ1) is 9.95. The van der Waals surface area contributed by atoms with Gasteiger partial charge in [-0.05, 0) is 43.0 Å². The van der Waals surface area contributed by atoms with Gasteiger partial charge in [-0.15, -0.1) is 0 Å². The molecular formula is C16H26N2O2S. The standard InChI is InChI=1S/C16H26N2O2S/c1-4-18(15-9-10-17-12-15)21(19,20)16-7-5-14(6-8-16)11-13(2)3/h5-8,13,15,17H,4,9-12H2,1-3H3. The molecule has 1 unspecified atom stereocenters. The Bertz CT molecular complexity index is 546. The minimum Gasteiger partial charge on any atom is -0.315 e. The lowest BCUT2D eigenvalue weighted by atomic mass is 10.0. The highest BCUT2D eigenvalue weighted by molar-refractivity contribution is 7.89. The molecule has 118 valence electrons. The summed E-state index contributed by atoms with van der Waals surface area (Å²) in [5, 5.41) is 3.24. The molecule has 5 heteroatoms. The number of rotatable bonds is 6. The molecule has 4 nitrogen and oxygen atoms in total. The summed E-state index contributed by atoms with van der Waals surface area (Å²) < 4.78 is 27.2. The van der Waals surface area contributed by atoms with Crippen molar-refractivity contribution in [3.8, 4) is 0 Å². The Balaban J connectivity index is 2.21. The molecule has 21 heavy (non-hydrogen) atoms. The molecule has 2 rings (SSSR count). The van der Waals surface area contributed by atoms with E-state index in [2.05, 4.69) is 19.2 Å². The Morgan fingerprint density at radius 3 is 2.43 bits per heavy atom. The topological polar surface area (TPSA) is 49.4 Å². The van der Waals surface area contributed by atoms with Crippen molar-refractivity contribution in [2.24, 2.45) is 5.92 Å². The molecule has 1 fully saturated rings. The number of hydrogen-bond donors (Lipinski definition) is 1. The fraction of sp³-hybridized carbons (Fsp3) is 0.625. The van der Waals surface area contributed by atoms with E-state index in [4.69, 9.17) is 0 Å². The molecule has 1 heterocycles. The third kappa shape index (κ3) is 3.84. The fourth-order valence-corrected chi connectivity index (χ4v) is 4.58. The van der Waals surface area contributed by atoms with Gasteiger partial charge >= 0.3 is 0 Å².